The van der Waals surface area contributed by atoms with E-state index < -0.39 is 0 Å². The Balaban J connectivity index is 1.35. The fourth-order valence-electron chi connectivity index (χ4n) is 5.09. The molecule has 5 heteroatoms. The Morgan fingerprint density at radius 1 is 1.16 bits per heavy atom. The Labute approximate surface area is 151 Å². The van der Waals surface area contributed by atoms with Gasteiger partial charge in [0.25, 0.3) is 0 Å². The fraction of sp³-hybridized carbons (Fsp3) is 0.900. The number of hydrogen-bond donors (Lipinski definition) is 0. The molecule has 2 atom stereocenters. The van der Waals surface area contributed by atoms with Crippen molar-refractivity contribution in [2.24, 2.45) is 23.2 Å². The molecule has 4 aliphatic rings. The van der Waals surface area contributed by atoms with Crippen LogP contribution in [0.5, 0.6) is 0 Å². The molecule has 0 radical (unpaired) electrons. The summed E-state index contributed by atoms with van der Waals surface area (Å²) in [5.74, 6) is 2.14. The van der Waals surface area contributed by atoms with Crippen LogP contribution in [0.3, 0.4) is 0 Å². The summed E-state index contributed by atoms with van der Waals surface area (Å²) in [4.78, 5) is 29.9. The second-order valence-corrected chi connectivity index (χ2v) is 8.84. The zero-order valence-electron chi connectivity index (χ0n) is 15.5. The van der Waals surface area contributed by atoms with Gasteiger partial charge in [-0.05, 0) is 56.8 Å². The van der Waals surface area contributed by atoms with Crippen LogP contribution < -0.4 is 0 Å². The van der Waals surface area contributed by atoms with E-state index in [-0.39, 0.29) is 11.3 Å². The van der Waals surface area contributed by atoms with Gasteiger partial charge in [-0.3, -0.25) is 9.59 Å². The zero-order chi connectivity index (χ0) is 17.4. The SMILES string of the molecule is C[C@@H]1C[C@@H]1C(=O)N1CCC2(CCCN(CC3CCOCC3)C2=O)CC1. The van der Waals surface area contributed by atoms with Crippen LogP contribution in [-0.2, 0) is 14.3 Å². The van der Waals surface area contributed by atoms with Crippen molar-refractivity contribution < 1.29 is 14.3 Å². The number of ether oxygens (including phenoxy) is 1. The van der Waals surface area contributed by atoms with Crippen molar-refractivity contribution in [3.05, 3.63) is 0 Å². The Bertz CT molecular complexity index is 521. The Kier molecular flexibility index (Phi) is 4.78. The van der Waals surface area contributed by atoms with Gasteiger partial charge < -0.3 is 14.5 Å². The van der Waals surface area contributed by atoms with Crippen LogP contribution in [0.15, 0.2) is 0 Å². The molecule has 0 aromatic heterocycles. The minimum atomic E-state index is -0.185. The van der Waals surface area contributed by atoms with E-state index in [2.05, 4.69) is 11.8 Å². The van der Waals surface area contributed by atoms with E-state index >= 15 is 0 Å². The van der Waals surface area contributed by atoms with Crippen molar-refractivity contribution in [2.45, 2.75) is 51.9 Å². The summed E-state index contributed by atoms with van der Waals surface area (Å²) in [6.07, 6.45) is 7.07. The number of piperidine rings is 2. The van der Waals surface area contributed by atoms with Crippen LogP contribution >= 0.6 is 0 Å². The molecular formula is C20H32N2O3. The van der Waals surface area contributed by atoms with E-state index in [0.29, 0.717) is 23.7 Å². The Hall–Kier alpha value is -1.10. The van der Waals surface area contributed by atoms with Gasteiger partial charge >= 0.3 is 0 Å². The lowest BCUT2D eigenvalue weighted by atomic mass is 9.71. The topological polar surface area (TPSA) is 49.9 Å². The number of amides is 2. The van der Waals surface area contributed by atoms with Gasteiger partial charge in [0, 0.05) is 45.3 Å². The predicted octanol–water partition coefficient (Wildman–Crippen LogP) is 2.30. The van der Waals surface area contributed by atoms with E-state index in [4.69, 9.17) is 4.74 Å². The summed E-state index contributed by atoms with van der Waals surface area (Å²) in [6.45, 7) is 7.22. The quantitative estimate of drug-likeness (QED) is 0.786. The third kappa shape index (κ3) is 3.44. The first-order chi connectivity index (χ1) is 12.1. The highest BCUT2D eigenvalue weighted by molar-refractivity contribution is 5.85. The summed E-state index contributed by atoms with van der Waals surface area (Å²) in [5.41, 5.74) is -0.185. The van der Waals surface area contributed by atoms with Crippen molar-refractivity contribution in [3.8, 4) is 0 Å². The molecule has 3 heterocycles. The Morgan fingerprint density at radius 3 is 2.48 bits per heavy atom. The first-order valence-electron chi connectivity index (χ1n) is 10.2. The molecule has 4 fully saturated rings. The van der Waals surface area contributed by atoms with Gasteiger partial charge in [0.1, 0.15) is 0 Å². The van der Waals surface area contributed by atoms with Crippen molar-refractivity contribution in [3.63, 3.8) is 0 Å². The lowest BCUT2D eigenvalue weighted by molar-refractivity contribution is -0.154. The molecule has 25 heavy (non-hydrogen) atoms. The van der Waals surface area contributed by atoms with Crippen molar-refractivity contribution in [1.82, 2.24) is 9.80 Å². The van der Waals surface area contributed by atoms with Crippen LogP contribution in [0.25, 0.3) is 0 Å². The smallest absolute Gasteiger partial charge is 0.228 e. The average molecular weight is 348 g/mol. The third-order valence-corrected chi connectivity index (χ3v) is 7.10. The van der Waals surface area contributed by atoms with Gasteiger partial charge in [0.2, 0.25) is 11.8 Å². The minimum absolute atomic E-state index is 0.185. The van der Waals surface area contributed by atoms with E-state index in [1.807, 2.05) is 4.90 Å². The second-order valence-electron chi connectivity index (χ2n) is 8.84. The van der Waals surface area contributed by atoms with Gasteiger partial charge in [-0.25, -0.2) is 0 Å². The van der Waals surface area contributed by atoms with Gasteiger partial charge in [0.05, 0.1) is 5.41 Å². The van der Waals surface area contributed by atoms with E-state index in [9.17, 15) is 9.59 Å². The number of carbonyl (C=O) groups is 2. The normalized spacial score (nSPS) is 32.9. The van der Waals surface area contributed by atoms with Crippen LogP contribution in [0.1, 0.15) is 51.9 Å². The lowest BCUT2D eigenvalue weighted by Crippen LogP contribution is -2.55. The standard InChI is InChI=1S/C20H32N2O3/c1-15-13-17(15)18(23)21-9-6-20(7-10-21)5-2-8-22(19(20)24)14-16-3-11-25-12-4-16/h15-17H,2-14H2,1H3/t15-,17+/m1/s1. The first-order valence-corrected chi connectivity index (χ1v) is 10.2. The summed E-state index contributed by atoms with van der Waals surface area (Å²) < 4.78 is 5.45. The molecule has 0 unspecified atom stereocenters. The molecule has 0 N–H and O–H groups in total. The largest absolute Gasteiger partial charge is 0.381 e. The monoisotopic (exact) mass is 348 g/mol. The first kappa shape index (κ1) is 17.3. The van der Waals surface area contributed by atoms with E-state index in [0.717, 1.165) is 84.3 Å². The number of nitrogens with zero attached hydrogens (tertiary/aromatic N) is 2. The molecule has 1 spiro atoms. The van der Waals surface area contributed by atoms with E-state index in [1.165, 1.54) is 0 Å². The second kappa shape index (κ2) is 6.90. The van der Waals surface area contributed by atoms with Crippen LogP contribution in [0.2, 0.25) is 0 Å². The highest BCUT2D eigenvalue weighted by Gasteiger charge is 2.48. The Morgan fingerprint density at radius 2 is 1.84 bits per heavy atom. The summed E-state index contributed by atoms with van der Waals surface area (Å²) >= 11 is 0. The minimum Gasteiger partial charge on any atom is -0.381 e. The van der Waals surface area contributed by atoms with Crippen molar-refractivity contribution in [2.75, 3.05) is 39.4 Å². The van der Waals surface area contributed by atoms with Crippen molar-refractivity contribution >= 4 is 11.8 Å². The summed E-state index contributed by atoms with van der Waals surface area (Å²) in [5, 5.41) is 0. The molecule has 2 amide bonds. The lowest BCUT2D eigenvalue weighted by Gasteiger charge is -2.47. The third-order valence-electron chi connectivity index (χ3n) is 7.10. The maximum atomic E-state index is 13.2. The molecule has 140 valence electrons. The fourth-order valence-corrected chi connectivity index (χ4v) is 5.09. The number of likely N-dealkylation sites (tertiary alicyclic amines) is 2. The summed E-state index contributed by atoms with van der Waals surface area (Å²) in [6, 6.07) is 0. The number of rotatable bonds is 3. The van der Waals surface area contributed by atoms with Gasteiger partial charge in [-0.1, -0.05) is 6.92 Å². The molecular weight excluding hydrogens is 316 g/mol. The molecule has 0 bridgehead atoms. The number of hydrogen-bond acceptors (Lipinski definition) is 3. The van der Waals surface area contributed by atoms with Crippen LogP contribution in [0.4, 0.5) is 0 Å². The van der Waals surface area contributed by atoms with Crippen LogP contribution in [0, 0.1) is 23.2 Å². The molecule has 3 aliphatic heterocycles. The van der Waals surface area contributed by atoms with Crippen LogP contribution in [-0.4, -0.2) is 61.0 Å². The van der Waals surface area contributed by atoms with Gasteiger partial charge in [-0.2, -0.15) is 0 Å². The van der Waals surface area contributed by atoms with E-state index in [1.54, 1.807) is 0 Å². The molecule has 1 saturated carbocycles. The molecule has 1 aliphatic carbocycles. The molecule has 5 nitrogen and oxygen atoms in total. The molecule has 3 saturated heterocycles. The maximum absolute atomic E-state index is 13.2. The number of carbonyl (C=O) groups excluding carboxylic acids is 2. The predicted molar refractivity (Wildman–Crippen MR) is 94.9 cm³/mol. The molecule has 0 aromatic carbocycles. The van der Waals surface area contributed by atoms with Gasteiger partial charge in [0.15, 0.2) is 0 Å². The van der Waals surface area contributed by atoms with Gasteiger partial charge in [-0.15, -0.1) is 0 Å². The maximum Gasteiger partial charge on any atom is 0.228 e. The zero-order valence-corrected chi connectivity index (χ0v) is 15.5. The highest BCUT2D eigenvalue weighted by Crippen LogP contribution is 2.44. The molecule has 0 aromatic rings. The summed E-state index contributed by atoms with van der Waals surface area (Å²) in [7, 11) is 0. The molecule has 4 rings (SSSR count). The highest BCUT2D eigenvalue weighted by atomic mass is 16.5. The average Bonchev–Trinajstić information content (AvgIpc) is 3.37. The van der Waals surface area contributed by atoms with Crippen molar-refractivity contribution in [1.29, 1.82) is 0 Å².